The molecular weight excluding hydrogens is 176 g/mol. The maximum atomic E-state index is 3.39. The Morgan fingerprint density at radius 1 is 1.15 bits per heavy atom. The third-order valence-electron chi connectivity index (χ3n) is 2.61. The van der Waals surface area contributed by atoms with Gasteiger partial charge in [0.05, 0.1) is 0 Å². The minimum atomic E-state index is -0.784. The molecule has 0 aromatic carbocycles. The Bertz CT molecular complexity index is 136. The van der Waals surface area contributed by atoms with Gasteiger partial charge in [-0.3, -0.25) is 0 Å². The summed E-state index contributed by atoms with van der Waals surface area (Å²) >= 11 is 0. The average Bonchev–Trinajstić information content (AvgIpc) is 2.04. The van der Waals surface area contributed by atoms with E-state index in [9.17, 15) is 0 Å². The van der Waals surface area contributed by atoms with Gasteiger partial charge in [-0.25, -0.2) is 0 Å². The van der Waals surface area contributed by atoms with Crippen molar-refractivity contribution in [3.05, 3.63) is 0 Å². The Morgan fingerprint density at radius 3 is 2.31 bits per heavy atom. The van der Waals surface area contributed by atoms with E-state index in [1.54, 1.807) is 0 Å². The van der Waals surface area contributed by atoms with Gasteiger partial charge in [0.15, 0.2) is 0 Å². The van der Waals surface area contributed by atoms with Crippen molar-refractivity contribution in [1.29, 1.82) is 0 Å². The zero-order valence-corrected chi connectivity index (χ0v) is 10.4. The van der Waals surface area contributed by atoms with Crippen LogP contribution in [0, 0.1) is 0 Å². The summed E-state index contributed by atoms with van der Waals surface area (Å²) in [5.41, 5.74) is 0. The van der Waals surface area contributed by atoms with Crippen LogP contribution in [0.5, 0.6) is 0 Å². The second-order valence-corrected chi connectivity index (χ2v) is 10.9. The zero-order chi connectivity index (χ0) is 9.73. The predicted octanol–water partition coefficient (Wildman–Crippen LogP) is 1.62. The van der Waals surface area contributed by atoms with Gasteiger partial charge in [0.25, 0.3) is 0 Å². The van der Waals surface area contributed by atoms with Crippen molar-refractivity contribution >= 4 is 8.07 Å². The first-order valence-corrected chi connectivity index (χ1v) is 9.22. The highest BCUT2D eigenvalue weighted by Crippen LogP contribution is 2.11. The van der Waals surface area contributed by atoms with Crippen molar-refractivity contribution in [3.63, 3.8) is 0 Å². The smallest absolute Gasteiger partial charge is 0.0443 e. The predicted molar refractivity (Wildman–Crippen MR) is 62.1 cm³/mol. The molecule has 0 unspecified atom stereocenters. The van der Waals surface area contributed by atoms with Crippen LogP contribution in [-0.4, -0.2) is 45.7 Å². The molecule has 0 atom stereocenters. The maximum Gasteiger partial charge on any atom is 0.0443 e. The molecular formula is C10H24N2Si. The molecule has 0 aromatic rings. The lowest BCUT2D eigenvalue weighted by molar-refractivity contribution is 0.241. The first kappa shape index (κ1) is 11.2. The van der Waals surface area contributed by atoms with Gasteiger partial charge in [0, 0.05) is 34.3 Å². The normalized spacial score (nSPS) is 20.5. The highest BCUT2D eigenvalue weighted by atomic mass is 28.3. The van der Waals surface area contributed by atoms with Gasteiger partial charge < -0.3 is 10.2 Å². The molecule has 0 aliphatic carbocycles. The minimum absolute atomic E-state index is 0.784. The molecule has 1 heterocycles. The van der Waals surface area contributed by atoms with Crippen LogP contribution in [0.1, 0.15) is 6.42 Å². The number of piperazine rings is 1. The van der Waals surface area contributed by atoms with E-state index in [1.165, 1.54) is 45.2 Å². The van der Waals surface area contributed by atoms with Crippen LogP contribution in [0.2, 0.25) is 25.7 Å². The second kappa shape index (κ2) is 5.13. The fraction of sp³-hybridized carbons (Fsp3) is 1.00. The molecule has 13 heavy (non-hydrogen) atoms. The fourth-order valence-corrected chi connectivity index (χ4v) is 2.99. The molecule has 0 saturated carbocycles. The number of nitrogens with zero attached hydrogens (tertiary/aromatic N) is 1. The second-order valence-electron chi connectivity index (χ2n) is 5.26. The Kier molecular flexibility index (Phi) is 4.42. The van der Waals surface area contributed by atoms with Crippen molar-refractivity contribution in [1.82, 2.24) is 10.2 Å². The largest absolute Gasteiger partial charge is 0.314 e. The standard InChI is InChI=1S/C10H24N2Si/c1-13(2,3)10-4-7-12-8-5-11-6-9-12/h11H,4-10H2,1-3H3. The van der Waals surface area contributed by atoms with E-state index >= 15 is 0 Å². The Morgan fingerprint density at radius 2 is 1.77 bits per heavy atom. The molecule has 0 bridgehead atoms. The Hall–Kier alpha value is 0.137. The first-order chi connectivity index (χ1) is 6.08. The summed E-state index contributed by atoms with van der Waals surface area (Å²) in [6.07, 6.45) is 1.41. The molecule has 0 aromatic heterocycles. The van der Waals surface area contributed by atoms with Crippen LogP contribution < -0.4 is 5.32 Å². The van der Waals surface area contributed by atoms with Crippen molar-refractivity contribution < 1.29 is 0 Å². The molecule has 1 N–H and O–H groups in total. The number of hydrogen-bond donors (Lipinski definition) is 1. The molecule has 78 valence electrons. The van der Waals surface area contributed by atoms with Gasteiger partial charge in [-0.1, -0.05) is 25.7 Å². The molecule has 1 rings (SSSR count). The number of nitrogens with one attached hydrogen (secondary N) is 1. The van der Waals surface area contributed by atoms with Crippen molar-refractivity contribution in [2.24, 2.45) is 0 Å². The summed E-state index contributed by atoms with van der Waals surface area (Å²) in [4.78, 5) is 2.59. The highest BCUT2D eigenvalue weighted by Gasteiger charge is 2.14. The molecule has 1 aliphatic heterocycles. The summed E-state index contributed by atoms with van der Waals surface area (Å²) in [5, 5.41) is 3.39. The van der Waals surface area contributed by atoms with Crippen LogP contribution in [0.4, 0.5) is 0 Å². The number of hydrogen-bond acceptors (Lipinski definition) is 2. The number of rotatable bonds is 4. The molecule has 1 saturated heterocycles. The van der Waals surface area contributed by atoms with Crippen molar-refractivity contribution in [3.8, 4) is 0 Å². The van der Waals surface area contributed by atoms with E-state index in [0.29, 0.717) is 0 Å². The van der Waals surface area contributed by atoms with E-state index < -0.39 is 8.07 Å². The van der Waals surface area contributed by atoms with E-state index in [0.717, 1.165) is 0 Å². The van der Waals surface area contributed by atoms with Gasteiger partial charge in [0.1, 0.15) is 0 Å². The molecule has 1 fully saturated rings. The summed E-state index contributed by atoms with van der Waals surface area (Å²) in [6, 6.07) is 1.48. The first-order valence-electron chi connectivity index (χ1n) is 5.51. The quantitative estimate of drug-likeness (QED) is 0.694. The van der Waals surface area contributed by atoms with Crippen LogP contribution in [0.15, 0.2) is 0 Å². The summed E-state index contributed by atoms with van der Waals surface area (Å²) in [5.74, 6) is 0. The van der Waals surface area contributed by atoms with Gasteiger partial charge in [-0.15, -0.1) is 0 Å². The van der Waals surface area contributed by atoms with E-state index in [-0.39, 0.29) is 0 Å². The van der Waals surface area contributed by atoms with Crippen molar-refractivity contribution in [2.75, 3.05) is 32.7 Å². The zero-order valence-electron chi connectivity index (χ0n) is 9.40. The van der Waals surface area contributed by atoms with Crippen LogP contribution in [-0.2, 0) is 0 Å². The third-order valence-corrected chi connectivity index (χ3v) is 4.46. The van der Waals surface area contributed by atoms with Crippen LogP contribution in [0.25, 0.3) is 0 Å². The van der Waals surface area contributed by atoms with Crippen LogP contribution >= 0.6 is 0 Å². The molecule has 2 nitrogen and oxygen atoms in total. The van der Waals surface area contributed by atoms with Gasteiger partial charge >= 0.3 is 0 Å². The van der Waals surface area contributed by atoms with Crippen molar-refractivity contribution in [2.45, 2.75) is 32.1 Å². The van der Waals surface area contributed by atoms with E-state index in [2.05, 4.69) is 29.9 Å². The average molecular weight is 200 g/mol. The van der Waals surface area contributed by atoms with Crippen LogP contribution in [0.3, 0.4) is 0 Å². The maximum absolute atomic E-state index is 3.39. The van der Waals surface area contributed by atoms with Gasteiger partial charge in [0.2, 0.25) is 0 Å². The topological polar surface area (TPSA) is 15.3 Å². The summed E-state index contributed by atoms with van der Waals surface area (Å²) < 4.78 is 0. The Balaban J connectivity index is 2.04. The molecule has 0 radical (unpaired) electrons. The molecule has 1 aliphatic rings. The summed E-state index contributed by atoms with van der Waals surface area (Å²) in [6.45, 7) is 13.6. The lowest BCUT2D eigenvalue weighted by atomic mass is 10.3. The Labute approximate surface area is 83.7 Å². The SMILES string of the molecule is C[Si](C)(C)CCCN1CCNCC1. The highest BCUT2D eigenvalue weighted by molar-refractivity contribution is 6.76. The molecule has 0 spiro atoms. The molecule has 3 heteroatoms. The van der Waals surface area contributed by atoms with E-state index in [4.69, 9.17) is 0 Å². The molecule has 0 amide bonds. The third kappa shape index (κ3) is 5.44. The lowest BCUT2D eigenvalue weighted by Crippen LogP contribution is -2.44. The summed E-state index contributed by atoms with van der Waals surface area (Å²) in [7, 11) is -0.784. The lowest BCUT2D eigenvalue weighted by Gasteiger charge is -2.28. The van der Waals surface area contributed by atoms with E-state index in [1.807, 2.05) is 0 Å². The fourth-order valence-electron chi connectivity index (χ4n) is 1.77. The monoisotopic (exact) mass is 200 g/mol. The van der Waals surface area contributed by atoms with Gasteiger partial charge in [-0.05, 0) is 13.0 Å². The minimum Gasteiger partial charge on any atom is -0.314 e. The van der Waals surface area contributed by atoms with Gasteiger partial charge in [-0.2, -0.15) is 0 Å².